The molecule has 1 fully saturated rings. The van der Waals surface area contributed by atoms with Gasteiger partial charge in [-0.05, 0) is 17.7 Å². The Morgan fingerprint density at radius 1 is 1.35 bits per heavy atom. The first-order valence-electron chi connectivity index (χ1n) is 7.76. The predicted molar refractivity (Wildman–Crippen MR) is 87.1 cm³/mol. The summed E-state index contributed by atoms with van der Waals surface area (Å²) in [7, 11) is 0. The van der Waals surface area contributed by atoms with E-state index in [-0.39, 0.29) is 35.8 Å². The first-order valence-corrected chi connectivity index (χ1v) is 7.76. The molecule has 26 heavy (non-hydrogen) atoms. The lowest BCUT2D eigenvalue weighted by molar-refractivity contribution is -0.605. The summed E-state index contributed by atoms with van der Waals surface area (Å²) < 4.78 is 34.5. The molecule has 1 N–H and O–H groups in total. The lowest BCUT2D eigenvalue weighted by Crippen LogP contribution is -2.33. The highest BCUT2D eigenvalue weighted by Crippen LogP contribution is 2.31. The molecule has 9 heteroatoms. The van der Waals surface area contributed by atoms with E-state index < -0.39 is 23.8 Å². The number of pyridine rings is 1. The van der Waals surface area contributed by atoms with E-state index in [9.17, 15) is 23.6 Å². The van der Waals surface area contributed by atoms with E-state index in [0.717, 1.165) is 29.4 Å². The second-order valence-corrected chi connectivity index (χ2v) is 5.78. The molecule has 1 aliphatic rings. The Morgan fingerprint density at radius 3 is 2.54 bits per heavy atom. The molecule has 0 radical (unpaired) electrons. The zero-order valence-electron chi connectivity index (χ0n) is 13.7. The quantitative estimate of drug-likeness (QED) is 0.662. The molecule has 0 aliphatic carbocycles. The summed E-state index contributed by atoms with van der Waals surface area (Å²) in [6.45, 7) is 1.49. The fourth-order valence-electron chi connectivity index (χ4n) is 2.67. The lowest BCUT2D eigenvalue weighted by Gasteiger charge is -2.15. The van der Waals surface area contributed by atoms with Gasteiger partial charge in [0.1, 0.15) is 17.7 Å². The van der Waals surface area contributed by atoms with Crippen molar-refractivity contribution in [3.05, 3.63) is 53.5 Å². The number of aromatic nitrogens is 1. The van der Waals surface area contributed by atoms with Crippen LogP contribution < -0.4 is 14.9 Å². The second kappa shape index (κ2) is 6.95. The van der Waals surface area contributed by atoms with Crippen LogP contribution in [0, 0.1) is 16.8 Å². The van der Waals surface area contributed by atoms with E-state index in [1.165, 1.54) is 19.1 Å². The number of nitrogens with one attached hydrogen (secondary N) is 1. The number of carbonyl (C=O) groups excluding carboxylic acids is 2. The highest BCUT2D eigenvalue weighted by molar-refractivity contribution is 5.90. The highest BCUT2D eigenvalue weighted by Gasteiger charge is 2.33. The number of ether oxygens (including phenoxy) is 1. The summed E-state index contributed by atoms with van der Waals surface area (Å²) in [5.41, 5.74) is -0.0863. The van der Waals surface area contributed by atoms with Gasteiger partial charge in [-0.3, -0.25) is 9.69 Å². The lowest BCUT2D eigenvalue weighted by atomic mass is 10.0. The predicted octanol–water partition coefficient (Wildman–Crippen LogP) is 1.73. The molecule has 1 saturated heterocycles. The van der Waals surface area contributed by atoms with Crippen molar-refractivity contribution in [2.75, 3.05) is 18.0 Å². The summed E-state index contributed by atoms with van der Waals surface area (Å²) in [6, 6.07) is 4.64. The Hall–Kier alpha value is -3.23. The van der Waals surface area contributed by atoms with Gasteiger partial charge in [0, 0.05) is 19.1 Å². The molecule has 1 aromatic heterocycles. The van der Waals surface area contributed by atoms with Crippen LogP contribution in [0.5, 0.6) is 0 Å². The van der Waals surface area contributed by atoms with Crippen LogP contribution in [0.2, 0.25) is 0 Å². The van der Waals surface area contributed by atoms with Gasteiger partial charge in [-0.2, -0.15) is 4.73 Å². The van der Waals surface area contributed by atoms with Crippen LogP contribution in [0.25, 0.3) is 11.1 Å². The van der Waals surface area contributed by atoms with Crippen molar-refractivity contribution in [2.45, 2.75) is 13.0 Å². The Balaban J connectivity index is 1.85. The zero-order valence-corrected chi connectivity index (χ0v) is 13.7. The molecule has 1 aliphatic heterocycles. The minimum Gasteiger partial charge on any atom is -0.619 e. The average Bonchev–Trinajstić information content (AvgIpc) is 2.95. The van der Waals surface area contributed by atoms with E-state index >= 15 is 0 Å². The fourth-order valence-corrected chi connectivity index (χ4v) is 2.67. The molecule has 1 unspecified atom stereocenters. The molecule has 7 nitrogen and oxygen atoms in total. The maximum atomic E-state index is 14.5. The van der Waals surface area contributed by atoms with Crippen LogP contribution in [0.15, 0.2) is 36.7 Å². The van der Waals surface area contributed by atoms with E-state index in [2.05, 4.69) is 5.32 Å². The Bertz CT molecular complexity index is 835. The van der Waals surface area contributed by atoms with Gasteiger partial charge in [0.05, 0.1) is 24.3 Å². The van der Waals surface area contributed by atoms with E-state index in [1.807, 2.05) is 0 Å². The van der Waals surface area contributed by atoms with Crippen LogP contribution in [-0.4, -0.2) is 31.2 Å². The summed E-state index contributed by atoms with van der Waals surface area (Å²) in [6.07, 6.45) is 0.900. The van der Waals surface area contributed by atoms with Crippen molar-refractivity contribution in [2.24, 2.45) is 0 Å². The number of cyclic esters (lactones) is 1. The molecular weight excluding hydrogens is 348 g/mol. The van der Waals surface area contributed by atoms with Crippen molar-refractivity contribution >= 4 is 17.7 Å². The van der Waals surface area contributed by atoms with Crippen LogP contribution in [0.4, 0.5) is 19.3 Å². The van der Waals surface area contributed by atoms with Crippen molar-refractivity contribution < 1.29 is 27.8 Å². The monoisotopic (exact) mass is 363 g/mol. The molecule has 0 spiro atoms. The third-order valence-electron chi connectivity index (χ3n) is 3.88. The Labute approximate surface area is 147 Å². The minimum atomic E-state index is -0.873. The van der Waals surface area contributed by atoms with Gasteiger partial charge in [-0.15, -0.1) is 0 Å². The summed E-state index contributed by atoms with van der Waals surface area (Å²) in [5.74, 6) is -2.02. The molecule has 2 heterocycles. The van der Waals surface area contributed by atoms with Crippen LogP contribution in [0.1, 0.15) is 6.92 Å². The standard InChI is InChI=1S/C17H15F2N3O4/c1-10(23)20-8-13-9-22(17(24)26-13)12-6-14(18)16(15(19)7-12)11-2-4-21(25)5-3-11/h2-7,13H,8-9H2,1H3,(H,20,23). The van der Waals surface area contributed by atoms with E-state index in [0.29, 0.717) is 4.73 Å². The summed E-state index contributed by atoms with van der Waals surface area (Å²) >= 11 is 0. The fraction of sp³-hybridized carbons (Fsp3) is 0.235. The molecule has 0 bridgehead atoms. The van der Waals surface area contributed by atoms with E-state index in [4.69, 9.17) is 4.74 Å². The second-order valence-electron chi connectivity index (χ2n) is 5.78. The number of carbonyl (C=O) groups is 2. The van der Waals surface area contributed by atoms with Crippen LogP contribution in [-0.2, 0) is 9.53 Å². The number of hydrogen-bond acceptors (Lipinski definition) is 4. The average molecular weight is 363 g/mol. The van der Waals surface area contributed by atoms with Crippen molar-refractivity contribution in [1.82, 2.24) is 5.32 Å². The first-order chi connectivity index (χ1) is 12.3. The molecule has 3 rings (SSSR count). The van der Waals surface area contributed by atoms with E-state index in [1.54, 1.807) is 0 Å². The number of nitrogens with zero attached hydrogens (tertiary/aromatic N) is 2. The smallest absolute Gasteiger partial charge is 0.414 e. The number of halogens is 2. The van der Waals surface area contributed by atoms with Gasteiger partial charge in [0.2, 0.25) is 5.91 Å². The third kappa shape index (κ3) is 3.56. The summed E-state index contributed by atoms with van der Waals surface area (Å²) in [4.78, 5) is 24.0. The Morgan fingerprint density at radius 2 is 1.96 bits per heavy atom. The molecule has 0 saturated carbocycles. The SMILES string of the molecule is CC(=O)NCC1CN(c2cc(F)c(-c3cc[n+]([O-])cc3)c(F)c2)C(=O)O1. The molecular formula is C17H15F2N3O4. The maximum absolute atomic E-state index is 14.5. The largest absolute Gasteiger partial charge is 0.619 e. The number of amides is 2. The molecule has 1 aromatic carbocycles. The van der Waals surface area contributed by atoms with Crippen LogP contribution >= 0.6 is 0 Å². The number of anilines is 1. The first kappa shape index (κ1) is 17.6. The number of rotatable bonds is 4. The highest BCUT2D eigenvalue weighted by atomic mass is 19.1. The number of benzene rings is 1. The van der Waals surface area contributed by atoms with Gasteiger partial charge < -0.3 is 15.3 Å². The normalized spacial score (nSPS) is 16.5. The maximum Gasteiger partial charge on any atom is 0.414 e. The molecule has 2 aromatic rings. The van der Waals surface area contributed by atoms with Crippen molar-refractivity contribution in [3.8, 4) is 11.1 Å². The van der Waals surface area contributed by atoms with Gasteiger partial charge in [-0.1, -0.05) is 0 Å². The number of hydrogen-bond donors (Lipinski definition) is 1. The van der Waals surface area contributed by atoms with Gasteiger partial charge in [0.25, 0.3) is 0 Å². The van der Waals surface area contributed by atoms with Crippen molar-refractivity contribution in [3.63, 3.8) is 0 Å². The van der Waals surface area contributed by atoms with Crippen LogP contribution in [0.3, 0.4) is 0 Å². The molecule has 136 valence electrons. The Kier molecular flexibility index (Phi) is 4.70. The minimum absolute atomic E-state index is 0.00824. The van der Waals surface area contributed by atoms with Gasteiger partial charge >= 0.3 is 6.09 Å². The van der Waals surface area contributed by atoms with Gasteiger partial charge in [0.15, 0.2) is 12.4 Å². The molecule has 2 amide bonds. The topological polar surface area (TPSA) is 85.6 Å². The molecule has 1 atom stereocenters. The van der Waals surface area contributed by atoms with Crippen molar-refractivity contribution in [1.29, 1.82) is 0 Å². The summed E-state index contributed by atoms with van der Waals surface area (Å²) in [5, 5.41) is 13.6. The third-order valence-corrected chi connectivity index (χ3v) is 3.88. The van der Waals surface area contributed by atoms with Gasteiger partial charge in [-0.25, -0.2) is 13.6 Å². The zero-order chi connectivity index (χ0) is 18.8.